The van der Waals surface area contributed by atoms with Gasteiger partial charge in [-0.15, -0.1) is 0 Å². The molecule has 14 heavy (non-hydrogen) atoms. The van der Waals surface area contributed by atoms with Gasteiger partial charge in [0.25, 0.3) is 0 Å². The summed E-state index contributed by atoms with van der Waals surface area (Å²) in [5, 5.41) is 7.28. The van der Waals surface area contributed by atoms with Crippen LogP contribution in [0.2, 0.25) is 0 Å². The first kappa shape index (κ1) is 7.80. The Morgan fingerprint density at radius 3 is 2.93 bits per heavy atom. The Morgan fingerprint density at radius 1 is 1.21 bits per heavy atom. The lowest BCUT2D eigenvalue weighted by atomic mass is 9.97. The maximum absolute atomic E-state index is 4.33. The summed E-state index contributed by atoms with van der Waals surface area (Å²) >= 11 is 0. The predicted octanol–water partition coefficient (Wildman–Crippen LogP) is 2.49. The number of fused-ring (bicyclic) bond motifs is 1. The number of nitrogens with zero attached hydrogens (tertiary/aromatic N) is 1. The van der Waals surface area contributed by atoms with Crippen molar-refractivity contribution >= 4 is 0 Å². The third-order valence-electron chi connectivity index (χ3n) is 2.99. The summed E-state index contributed by atoms with van der Waals surface area (Å²) in [7, 11) is 0. The summed E-state index contributed by atoms with van der Waals surface area (Å²) in [6, 6.07) is 10.6. The van der Waals surface area contributed by atoms with Gasteiger partial charge in [0.1, 0.15) is 0 Å². The highest BCUT2D eigenvalue weighted by Crippen LogP contribution is 2.36. The quantitative estimate of drug-likeness (QED) is 0.724. The molecule has 0 fully saturated rings. The Balaban J connectivity index is 2.03. The molecule has 0 spiro atoms. The highest BCUT2D eigenvalue weighted by Gasteiger charge is 2.25. The number of nitrogens with one attached hydrogen (secondary N) is 1. The smallest absolute Gasteiger partial charge is 0.0728 e. The van der Waals surface area contributed by atoms with Crippen molar-refractivity contribution in [3.05, 3.63) is 53.3 Å². The number of aromatic amines is 1. The van der Waals surface area contributed by atoms with Gasteiger partial charge in [-0.05, 0) is 24.0 Å². The van der Waals surface area contributed by atoms with Gasteiger partial charge in [-0.25, -0.2) is 0 Å². The standard InChI is InChI=1S/C12H12N2/c1-2-4-9(5-3-1)11-7-6-10-8-13-14-12(10)11/h1-5,8,11H,6-7H2,(H,13,14). The molecule has 1 atom stereocenters. The number of aromatic nitrogens is 2. The third-order valence-corrected chi connectivity index (χ3v) is 2.99. The first-order valence-electron chi connectivity index (χ1n) is 5.02. The average Bonchev–Trinajstić information content (AvgIpc) is 2.79. The minimum absolute atomic E-state index is 0.512. The van der Waals surface area contributed by atoms with Gasteiger partial charge in [0.05, 0.1) is 5.69 Å². The van der Waals surface area contributed by atoms with Crippen LogP contribution in [-0.2, 0) is 6.42 Å². The van der Waals surface area contributed by atoms with E-state index in [4.69, 9.17) is 0 Å². The normalized spacial score (nSPS) is 19.6. The molecule has 1 unspecified atom stereocenters. The zero-order valence-corrected chi connectivity index (χ0v) is 7.90. The maximum atomic E-state index is 4.33. The first-order chi connectivity index (χ1) is 6.95. The minimum Gasteiger partial charge on any atom is -0.285 e. The molecular formula is C12H12N2. The Morgan fingerprint density at radius 2 is 2.07 bits per heavy atom. The van der Waals surface area contributed by atoms with E-state index in [1.54, 1.807) is 0 Å². The van der Waals surface area contributed by atoms with Gasteiger partial charge in [-0.1, -0.05) is 30.3 Å². The van der Waals surface area contributed by atoms with Crippen molar-refractivity contribution in [2.75, 3.05) is 0 Å². The molecule has 1 aromatic heterocycles. The Kier molecular flexibility index (Phi) is 1.66. The van der Waals surface area contributed by atoms with Crippen LogP contribution in [0.5, 0.6) is 0 Å². The highest BCUT2D eigenvalue weighted by atomic mass is 15.1. The van der Waals surface area contributed by atoms with E-state index in [2.05, 4.69) is 40.5 Å². The van der Waals surface area contributed by atoms with Crippen LogP contribution < -0.4 is 0 Å². The summed E-state index contributed by atoms with van der Waals surface area (Å²) < 4.78 is 0. The fourth-order valence-corrected chi connectivity index (χ4v) is 2.27. The second kappa shape index (κ2) is 2.98. The predicted molar refractivity (Wildman–Crippen MR) is 55.2 cm³/mol. The van der Waals surface area contributed by atoms with Crippen LogP contribution in [0.1, 0.15) is 29.2 Å². The number of benzene rings is 1. The van der Waals surface area contributed by atoms with Gasteiger partial charge in [-0.2, -0.15) is 5.10 Å². The van der Waals surface area contributed by atoms with Crippen molar-refractivity contribution in [3.63, 3.8) is 0 Å². The van der Waals surface area contributed by atoms with E-state index in [0.717, 1.165) is 6.42 Å². The van der Waals surface area contributed by atoms with Crippen LogP contribution in [0.15, 0.2) is 36.5 Å². The van der Waals surface area contributed by atoms with Crippen molar-refractivity contribution in [1.82, 2.24) is 10.2 Å². The van der Waals surface area contributed by atoms with Gasteiger partial charge in [0.15, 0.2) is 0 Å². The summed E-state index contributed by atoms with van der Waals surface area (Å²) in [5.41, 5.74) is 4.02. The number of H-pyrrole nitrogens is 1. The second-order valence-electron chi connectivity index (χ2n) is 3.80. The lowest BCUT2D eigenvalue weighted by Gasteiger charge is -2.08. The van der Waals surface area contributed by atoms with Gasteiger partial charge >= 0.3 is 0 Å². The van der Waals surface area contributed by atoms with Gasteiger partial charge in [-0.3, -0.25) is 5.10 Å². The van der Waals surface area contributed by atoms with E-state index in [9.17, 15) is 0 Å². The fraction of sp³-hybridized carbons (Fsp3) is 0.250. The SMILES string of the molecule is c1ccc(C2CCc3c[nH]nc32)cc1. The molecule has 1 aliphatic rings. The molecule has 0 amide bonds. The topological polar surface area (TPSA) is 28.7 Å². The summed E-state index contributed by atoms with van der Waals surface area (Å²) in [6.45, 7) is 0. The number of hydrogen-bond donors (Lipinski definition) is 1. The molecule has 1 N–H and O–H groups in total. The van der Waals surface area contributed by atoms with E-state index in [-0.39, 0.29) is 0 Å². The molecule has 70 valence electrons. The first-order valence-corrected chi connectivity index (χ1v) is 5.02. The fourth-order valence-electron chi connectivity index (χ4n) is 2.27. The Labute approximate surface area is 83.0 Å². The number of aryl methyl sites for hydroxylation is 1. The molecule has 0 radical (unpaired) electrons. The number of hydrogen-bond acceptors (Lipinski definition) is 1. The average molecular weight is 184 g/mol. The van der Waals surface area contributed by atoms with Crippen LogP contribution in [0.4, 0.5) is 0 Å². The molecule has 2 heteroatoms. The van der Waals surface area contributed by atoms with E-state index >= 15 is 0 Å². The minimum atomic E-state index is 0.512. The molecule has 0 saturated heterocycles. The molecule has 1 aliphatic carbocycles. The summed E-state index contributed by atoms with van der Waals surface area (Å²) in [5.74, 6) is 0.512. The van der Waals surface area contributed by atoms with Crippen LogP contribution in [-0.4, -0.2) is 10.2 Å². The van der Waals surface area contributed by atoms with Crippen molar-refractivity contribution in [2.45, 2.75) is 18.8 Å². The zero-order valence-electron chi connectivity index (χ0n) is 7.90. The van der Waals surface area contributed by atoms with E-state index in [0.29, 0.717) is 5.92 Å². The molecule has 1 aromatic carbocycles. The van der Waals surface area contributed by atoms with E-state index in [1.165, 1.54) is 23.2 Å². The van der Waals surface area contributed by atoms with Gasteiger partial charge in [0, 0.05) is 12.1 Å². The zero-order chi connectivity index (χ0) is 9.38. The van der Waals surface area contributed by atoms with Gasteiger partial charge < -0.3 is 0 Å². The van der Waals surface area contributed by atoms with E-state index < -0.39 is 0 Å². The van der Waals surface area contributed by atoms with Crippen molar-refractivity contribution in [1.29, 1.82) is 0 Å². The van der Waals surface area contributed by atoms with Crippen molar-refractivity contribution in [2.24, 2.45) is 0 Å². The lowest BCUT2D eigenvalue weighted by molar-refractivity contribution is 0.753. The van der Waals surface area contributed by atoms with Crippen LogP contribution >= 0.6 is 0 Å². The maximum Gasteiger partial charge on any atom is 0.0728 e. The Hall–Kier alpha value is -1.57. The number of rotatable bonds is 1. The van der Waals surface area contributed by atoms with E-state index in [1.807, 2.05) is 6.20 Å². The third kappa shape index (κ3) is 1.07. The molecular weight excluding hydrogens is 172 g/mol. The van der Waals surface area contributed by atoms with Crippen LogP contribution in [0.25, 0.3) is 0 Å². The second-order valence-corrected chi connectivity index (χ2v) is 3.80. The highest BCUT2D eigenvalue weighted by molar-refractivity contribution is 5.36. The molecule has 0 aliphatic heterocycles. The molecule has 0 saturated carbocycles. The van der Waals surface area contributed by atoms with Crippen LogP contribution in [0, 0.1) is 0 Å². The molecule has 1 heterocycles. The van der Waals surface area contributed by atoms with Gasteiger partial charge in [0.2, 0.25) is 0 Å². The molecule has 3 rings (SSSR count). The Bertz CT molecular complexity index is 431. The molecule has 2 nitrogen and oxygen atoms in total. The van der Waals surface area contributed by atoms with Crippen molar-refractivity contribution < 1.29 is 0 Å². The van der Waals surface area contributed by atoms with Crippen LogP contribution in [0.3, 0.4) is 0 Å². The summed E-state index contributed by atoms with van der Waals surface area (Å²) in [4.78, 5) is 0. The monoisotopic (exact) mass is 184 g/mol. The lowest BCUT2D eigenvalue weighted by Crippen LogP contribution is -1.96. The largest absolute Gasteiger partial charge is 0.285 e. The summed E-state index contributed by atoms with van der Waals surface area (Å²) in [6.07, 6.45) is 4.39. The molecule has 0 bridgehead atoms. The van der Waals surface area contributed by atoms with Crippen molar-refractivity contribution in [3.8, 4) is 0 Å². The molecule has 2 aromatic rings.